The average Bonchev–Trinajstić information content (AvgIpc) is 2.27. The topological polar surface area (TPSA) is 42.0 Å². The fourth-order valence-electron chi connectivity index (χ4n) is 1.10. The number of carbonyl (C=O) groups excluding carboxylic acids is 1. The molecule has 0 saturated carbocycles. The van der Waals surface area contributed by atoms with Gasteiger partial charge in [-0.25, -0.2) is 0 Å². The van der Waals surface area contributed by atoms with Gasteiger partial charge < -0.3 is 5.32 Å². The van der Waals surface area contributed by atoms with E-state index in [0.717, 1.165) is 9.80 Å². The molecule has 0 saturated heterocycles. The van der Waals surface area contributed by atoms with E-state index in [-0.39, 0.29) is 11.9 Å². The maximum atomic E-state index is 11.8. The van der Waals surface area contributed by atoms with E-state index in [1.54, 1.807) is 18.5 Å². The fourth-order valence-corrected chi connectivity index (χ4v) is 2.03. The first kappa shape index (κ1) is 13.6. The second-order valence-corrected chi connectivity index (χ2v) is 5.35. The summed E-state index contributed by atoms with van der Waals surface area (Å²) in [5, 5.41) is 3.81. The Hall–Kier alpha value is -0.420. The second-order valence-electron chi connectivity index (χ2n) is 3.79. The first-order chi connectivity index (χ1) is 7.54. The van der Waals surface area contributed by atoms with Gasteiger partial charge in [0.05, 0.1) is 5.56 Å². The van der Waals surface area contributed by atoms with E-state index in [9.17, 15) is 4.79 Å². The van der Waals surface area contributed by atoms with Gasteiger partial charge >= 0.3 is 0 Å². The zero-order valence-electron chi connectivity index (χ0n) is 9.21. The van der Waals surface area contributed by atoms with E-state index in [2.05, 4.69) is 49.1 Å². The zero-order chi connectivity index (χ0) is 12.1. The standard InChI is InChI=1S/C11H14Br2N2O/c1-7(4-12)8(2)15-11(16)9-3-10(13)6-14-5-9/h3,5-8H,4H2,1-2H3,(H,15,16). The summed E-state index contributed by atoms with van der Waals surface area (Å²) in [5.41, 5.74) is 0.572. The highest BCUT2D eigenvalue weighted by Crippen LogP contribution is 2.11. The van der Waals surface area contributed by atoms with Crippen molar-refractivity contribution < 1.29 is 4.79 Å². The lowest BCUT2D eigenvalue weighted by Crippen LogP contribution is -2.37. The van der Waals surface area contributed by atoms with Crippen LogP contribution in [0.2, 0.25) is 0 Å². The van der Waals surface area contributed by atoms with Crippen molar-refractivity contribution in [3.63, 3.8) is 0 Å². The third kappa shape index (κ3) is 3.87. The van der Waals surface area contributed by atoms with Crippen LogP contribution in [-0.2, 0) is 0 Å². The molecule has 3 nitrogen and oxygen atoms in total. The molecule has 88 valence electrons. The van der Waals surface area contributed by atoms with Gasteiger partial charge in [-0.2, -0.15) is 0 Å². The van der Waals surface area contributed by atoms with Gasteiger partial charge in [-0.15, -0.1) is 0 Å². The van der Waals surface area contributed by atoms with Crippen molar-refractivity contribution >= 4 is 37.8 Å². The number of rotatable bonds is 4. The Labute approximate surface area is 112 Å². The Bertz CT molecular complexity index is 371. The van der Waals surface area contributed by atoms with E-state index in [1.165, 1.54) is 0 Å². The zero-order valence-corrected chi connectivity index (χ0v) is 12.4. The number of alkyl halides is 1. The number of hydrogen-bond acceptors (Lipinski definition) is 2. The Balaban J connectivity index is 2.66. The van der Waals surface area contributed by atoms with E-state index in [0.29, 0.717) is 11.5 Å². The predicted molar refractivity (Wildman–Crippen MR) is 71.8 cm³/mol. The van der Waals surface area contributed by atoms with E-state index in [1.807, 2.05) is 6.92 Å². The number of pyridine rings is 1. The summed E-state index contributed by atoms with van der Waals surface area (Å²) in [6.07, 6.45) is 3.22. The molecular weight excluding hydrogens is 336 g/mol. The minimum absolute atomic E-state index is 0.0888. The first-order valence-corrected chi connectivity index (χ1v) is 6.93. The molecule has 0 spiro atoms. The third-order valence-electron chi connectivity index (χ3n) is 2.42. The first-order valence-electron chi connectivity index (χ1n) is 5.02. The van der Waals surface area contributed by atoms with Crippen LogP contribution in [0, 0.1) is 5.92 Å². The normalized spacial score (nSPS) is 14.2. The van der Waals surface area contributed by atoms with Gasteiger partial charge in [-0.05, 0) is 34.8 Å². The van der Waals surface area contributed by atoms with Crippen LogP contribution in [0.15, 0.2) is 22.9 Å². The van der Waals surface area contributed by atoms with Crippen LogP contribution in [0.4, 0.5) is 0 Å². The summed E-state index contributed by atoms with van der Waals surface area (Å²) >= 11 is 6.69. The van der Waals surface area contributed by atoms with Crippen molar-refractivity contribution in [1.82, 2.24) is 10.3 Å². The van der Waals surface area contributed by atoms with Crippen molar-refractivity contribution in [2.75, 3.05) is 5.33 Å². The lowest BCUT2D eigenvalue weighted by molar-refractivity contribution is 0.0930. The van der Waals surface area contributed by atoms with Gasteiger partial charge in [0.2, 0.25) is 0 Å². The molecule has 1 heterocycles. The molecule has 0 fully saturated rings. The third-order valence-corrected chi connectivity index (χ3v) is 3.88. The Kier molecular flexibility index (Phi) is 5.41. The summed E-state index contributed by atoms with van der Waals surface area (Å²) in [5.74, 6) is 0.304. The largest absolute Gasteiger partial charge is 0.349 e. The molecule has 2 unspecified atom stereocenters. The van der Waals surface area contributed by atoms with Crippen molar-refractivity contribution in [2.45, 2.75) is 19.9 Å². The maximum absolute atomic E-state index is 11.8. The number of hydrogen-bond donors (Lipinski definition) is 1. The van der Waals surface area contributed by atoms with E-state index < -0.39 is 0 Å². The molecule has 0 aliphatic carbocycles. The minimum Gasteiger partial charge on any atom is -0.349 e. The van der Waals surface area contributed by atoms with Crippen LogP contribution in [-0.4, -0.2) is 22.3 Å². The van der Waals surface area contributed by atoms with Crippen LogP contribution < -0.4 is 5.32 Å². The number of carbonyl (C=O) groups is 1. The highest BCUT2D eigenvalue weighted by atomic mass is 79.9. The van der Waals surface area contributed by atoms with Crippen molar-refractivity contribution in [3.8, 4) is 0 Å². The minimum atomic E-state index is -0.0888. The summed E-state index contributed by atoms with van der Waals surface area (Å²) in [6.45, 7) is 4.08. The number of nitrogens with one attached hydrogen (secondary N) is 1. The number of amides is 1. The molecule has 0 aliphatic rings. The summed E-state index contributed by atoms with van der Waals surface area (Å²) < 4.78 is 0.807. The van der Waals surface area contributed by atoms with Gasteiger partial charge in [0.25, 0.3) is 5.91 Å². The average molecular weight is 350 g/mol. The number of aromatic nitrogens is 1. The highest BCUT2D eigenvalue weighted by Gasteiger charge is 2.15. The molecule has 0 radical (unpaired) electrons. The molecule has 1 aromatic rings. The molecule has 5 heteroatoms. The molecule has 16 heavy (non-hydrogen) atoms. The molecule has 1 amide bonds. The lowest BCUT2D eigenvalue weighted by Gasteiger charge is -2.19. The molecule has 1 aromatic heterocycles. The van der Waals surface area contributed by atoms with Crippen molar-refractivity contribution in [3.05, 3.63) is 28.5 Å². The van der Waals surface area contributed by atoms with Crippen LogP contribution >= 0.6 is 31.9 Å². The summed E-state index contributed by atoms with van der Waals surface area (Å²) in [7, 11) is 0. The predicted octanol–water partition coefficient (Wildman–Crippen LogP) is 2.99. The van der Waals surface area contributed by atoms with E-state index >= 15 is 0 Å². The Morgan fingerprint density at radius 1 is 1.50 bits per heavy atom. The van der Waals surface area contributed by atoms with Gasteiger partial charge in [-0.1, -0.05) is 22.9 Å². The lowest BCUT2D eigenvalue weighted by atomic mass is 10.1. The molecule has 1 N–H and O–H groups in total. The molecule has 1 rings (SSSR count). The molecule has 0 aliphatic heterocycles. The monoisotopic (exact) mass is 348 g/mol. The van der Waals surface area contributed by atoms with Gasteiger partial charge in [0.15, 0.2) is 0 Å². The van der Waals surface area contributed by atoms with Crippen LogP contribution in [0.1, 0.15) is 24.2 Å². The van der Waals surface area contributed by atoms with Crippen LogP contribution in [0.3, 0.4) is 0 Å². The smallest absolute Gasteiger partial charge is 0.253 e. The fraction of sp³-hybridized carbons (Fsp3) is 0.455. The van der Waals surface area contributed by atoms with Gasteiger partial charge in [0.1, 0.15) is 0 Å². The van der Waals surface area contributed by atoms with Gasteiger partial charge in [0, 0.05) is 28.2 Å². The Morgan fingerprint density at radius 3 is 2.75 bits per heavy atom. The highest BCUT2D eigenvalue weighted by molar-refractivity contribution is 9.10. The SMILES string of the molecule is CC(CBr)C(C)NC(=O)c1cncc(Br)c1. The maximum Gasteiger partial charge on any atom is 0.253 e. The Morgan fingerprint density at radius 2 is 2.19 bits per heavy atom. The molecule has 0 aromatic carbocycles. The molecule has 0 bridgehead atoms. The van der Waals surface area contributed by atoms with Crippen molar-refractivity contribution in [1.29, 1.82) is 0 Å². The quantitative estimate of drug-likeness (QED) is 0.849. The van der Waals surface area contributed by atoms with Crippen LogP contribution in [0.25, 0.3) is 0 Å². The summed E-state index contributed by atoms with van der Waals surface area (Å²) in [6, 6.07) is 1.89. The molecule has 2 atom stereocenters. The van der Waals surface area contributed by atoms with E-state index in [4.69, 9.17) is 0 Å². The van der Waals surface area contributed by atoms with Crippen molar-refractivity contribution in [2.24, 2.45) is 5.92 Å². The number of halogens is 2. The van der Waals surface area contributed by atoms with Crippen LogP contribution in [0.5, 0.6) is 0 Å². The molecular formula is C11H14Br2N2O. The number of nitrogens with zero attached hydrogens (tertiary/aromatic N) is 1. The summed E-state index contributed by atoms with van der Waals surface area (Å²) in [4.78, 5) is 15.8. The van der Waals surface area contributed by atoms with Gasteiger partial charge in [-0.3, -0.25) is 9.78 Å². The second kappa shape index (κ2) is 6.35.